The van der Waals surface area contributed by atoms with Crippen molar-refractivity contribution in [3.63, 3.8) is 0 Å². The molecule has 0 saturated heterocycles. The minimum atomic E-state index is -0.680. The molecule has 1 aliphatic heterocycles. The predicted molar refractivity (Wildman–Crippen MR) is 90.7 cm³/mol. The van der Waals surface area contributed by atoms with Crippen LogP contribution in [0.25, 0.3) is 6.08 Å². The second-order valence-corrected chi connectivity index (χ2v) is 5.14. The Kier molecular flexibility index (Phi) is 4.15. The molecule has 0 aliphatic carbocycles. The van der Waals surface area contributed by atoms with Gasteiger partial charge in [0.2, 0.25) is 5.88 Å². The van der Waals surface area contributed by atoms with Crippen LogP contribution in [0, 0.1) is 0 Å². The summed E-state index contributed by atoms with van der Waals surface area (Å²) in [5.41, 5.74) is -0.0580. The number of H-pyrrole nitrogens is 1. The summed E-state index contributed by atoms with van der Waals surface area (Å²) in [6, 6.07) is 7.06. The van der Waals surface area contributed by atoms with E-state index in [0.29, 0.717) is 11.4 Å². The third kappa shape index (κ3) is 3.05. The normalized spacial score (nSPS) is 14.5. The highest BCUT2D eigenvalue weighted by Crippen LogP contribution is 2.18. The molecule has 7 heteroatoms. The van der Waals surface area contributed by atoms with Crippen LogP contribution in [0.3, 0.4) is 0 Å². The fraction of sp³-hybridized carbons (Fsp3) is 0.118. The number of nitrogens with one attached hydrogen (secondary N) is 1. The molecule has 3 rings (SSSR count). The molecule has 7 nitrogen and oxygen atoms in total. The van der Waals surface area contributed by atoms with Gasteiger partial charge in [0, 0.05) is 6.21 Å². The van der Waals surface area contributed by atoms with Gasteiger partial charge in [-0.2, -0.15) is 0 Å². The van der Waals surface area contributed by atoms with Crippen molar-refractivity contribution in [2.24, 2.45) is 4.99 Å². The number of benzene rings is 1. The average Bonchev–Trinajstić information content (AvgIpc) is 3.09. The molecular weight excluding hydrogens is 310 g/mol. The van der Waals surface area contributed by atoms with Crippen molar-refractivity contribution >= 4 is 12.3 Å². The van der Waals surface area contributed by atoms with E-state index in [9.17, 15) is 14.7 Å². The molecule has 1 aromatic heterocycles. The van der Waals surface area contributed by atoms with Crippen molar-refractivity contribution in [2.75, 3.05) is 7.11 Å². The zero-order valence-corrected chi connectivity index (χ0v) is 12.9. The lowest BCUT2D eigenvalue weighted by molar-refractivity contribution is 0.407. The number of hydrogen-bond acceptors (Lipinski definition) is 5. The molecular formula is C17H15N3O4. The van der Waals surface area contributed by atoms with Crippen LogP contribution in [-0.4, -0.2) is 28.0 Å². The summed E-state index contributed by atoms with van der Waals surface area (Å²) in [6.07, 6.45) is 6.41. The first kappa shape index (κ1) is 15.5. The number of nitrogens with zero attached hydrogens (tertiary/aromatic N) is 2. The third-order valence-corrected chi connectivity index (χ3v) is 3.58. The van der Waals surface area contributed by atoms with Gasteiger partial charge in [-0.15, -0.1) is 0 Å². The van der Waals surface area contributed by atoms with Crippen LogP contribution in [0.15, 0.2) is 56.7 Å². The van der Waals surface area contributed by atoms with Crippen molar-refractivity contribution in [1.29, 1.82) is 0 Å². The molecule has 0 bridgehead atoms. The SMILES string of the molecule is COc1ccc(Cn2c(O)c(/C=C3/C=CC=N3)c(=O)[nH]c2=O)cc1. The number of allylic oxidation sites excluding steroid dienone is 2. The van der Waals surface area contributed by atoms with Gasteiger partial charge in [-0.25, -0.2) is 4.79 Å². The summed E-state index contributed by atoms with van der Waals surface area (Å²) in [4.78, 5) is 30.2. The Labute approximate surface area is 136 Å². The topological polar surface area (TPSA) is 96.7 Å². The van der Waals surface area contributed by atoms with Gasteiger partial charge in [-0.05, 0) is 35.9 Å². The van der Waals surface area contributed by atoms with Gasteiger partial charge in [-0.3, -0.25) is 19.3 Å². The van der Waals surface area contributed by atoms with Gasteiger partial charge in [0.15, 0.2) is 0 Å². The van der Waals surface area contributed by atoms with Crippen LogP contribution in [0.5, 0.6) is 11.6 Å². The average molecular weight is 325 g/mol. The molecule has 2 N–H and O–H groups in total. The van der Waals surface area contributed by atoms with Crippen LogP contribution >= 0.6 is 0 Å². The van der Waals surface area contributed by atoms with Gasteiger partial charge in [0.05, 0.1) is 19.4 Å². The van der Waals surface area contributed by atoms with Crippen molar-refractivity contribution in [3.05, 3.63) is 74.1 Å². The highest BCUT2D eigenvalue weighted by molar-refractivity contribution is 5.79. The number of aromatic hydroxyl groups is 1. The Bertz CT molecular complexity index is 949. The van der Waals surface area contributed by atoms with Crippen molar-refractivity contribution in [3.8, 4) is 11.6 Å². The number of rotatable bonds is 4. The van der Waals surface area contributed by atoms with Gasteiger partial charge >= 0.3 is 5.69 Å². The molecule has 2 aromatic rings. The Morgan fingerprint density at radius 2 is 2.04 bits per heavy atom. The summed E-state index contributed by atoms with van der Waals surface area (Å²) in [5, 5.41) is 10.4. The van der Waals surface area contributed by atoms with Gasteiger partial charge in [0.25, 0.3) is 5.56 Å². The standard InChI is InChI=1S/C17H15N3O4/c1-24-13-6-4-11(5-7-13)10-20-16(22)14(15(21)19-17(20)23)9-12-3-2-8-18-12/h2-9,22H,10H2,1H3,(H,19,21,23)/b12-9-. The molecule has 1 aliphatic rings. The van der Waals surface area contributed by atoms with E-state index in [4.69, 9.17) is 4.74 Å². The zero-order chi connectivity index (χ0) is 17.1. The smallest absolute Gasteiger partial charge is 0.331 e. The largest absolute Gasteiger partial charge is 0.497 e. The first-order chi connectivity index (χ1) is 11.6. The Morgan fingerprint density at radius 1 is 1.29 bits per heavy atom. The first-order valence-corrected chi connectivity index (χ1v) is 7.20. The van der Waals surface area contributed by atoms with E-state index >= 15 is 0 Å². The van der Waals surface area contributed by atoms with Gasteiger partial charge < -0.3 is 9.84 Å². The number of methoxy groups -OCH3 is 1. The molecule has 0 amide bonds. The van der Waals surface area contributed by atoms with Crippen molar-refractivity contribution in [1.82, 2.24) is 9.55 Å². The van der Waals surface area contributed by atoms with Crippen LogP contribution in [0.1, 0.15) is 11.1 Å². The summed E-state index contributed by atoms with van der Waals surface area (Å²) in [7, 11) is 1.56. The molecule has 0 unspecified atom stereocenters. The lowest BCUT2D eigenvalue weighted by Crippen LogP contribution is -2.31. The fourth-order valence-corrected chi connectivity index (χ4v) is 2.31. The molecule has 0 atom stereocenters. The molecule has 0 saturated carbocycles. The quantitative estimate of drug-likeness (QED) is 0.885. The van der Waals surface area contributed by atoms with E-state index in [1.165, 1.54) is 6.08 Å². The van der Waals surface area contributed by atoms with Crippen molar-refractivity contribution < 1.29 is 9.84 Å². The maximum Gasteiger partial charge on any atom is 0.331 e. The number of ether oxygens (including phenoxy) is 1. The fourth-order valence-electron chi connectivity index (χ4n) is 2.31. The summed E-state index contributed by atoms with van der Waals surface area (Å²) < 4.78 is 6.18. The van der Waals surface area contributed by atoms with E-state index < -0.39 is 17.1 Å². The molecule has 122 valence electrons. The third-order valence-electron chi connectivity index (χ3n) is 3.58. The van der Waals surface area contributed by atoms with E-state index in [-0.39, 0.29) is 12.1 Å². The van der Waals surface area contributed by atoms with Crippen LogP contribution in [0.4, 0.5) is 0 Å². The first-order valence-electron chi connectivity index (χ1n) is 7.20. The van der Waals surface area contributed by atoms with E-state index in [0.717, 1.165) is 10.1 Å². The number of hydrogen-bond donors (Lipinski definition) is 2. The number of aliphatic imine (C=N–C) groups is 1. The van der Waals surface area contributed by atoms with Crippen LogP contribution < -0.4 is 16.0 Å². The monoisotopic (exact) mass is 325 g/mol. The second kappa shape index (κ2) is 6.41. The molecule has 2 heterocycles. The minimum absolute atomic E-state index is 0.0122. The molecule has 0 radical (unpaired) electrons. The minimum Gasteiger partial charge on any atom is -0.497 e. The highest BCUT2D eigenvalue weighted by atomic mass is 16.5. The summed E-state index contributed by atoms with van der Waals surface area (Å²) in [5.74, 6) is 0.288. The van der Waals surface area contributed by atoms with Crippen LogP contribution in [0.2, 0.25) is 0 Å². The number of aromatic nitrogens is 2. The Morgan fingerprint density at radius 3 is 2.67 bits per heavy atom. The zero-order valence-electron chi connectivity index (χ0n) is 12.9. The van der Waals surface area contributed by atoms with E-state index in [1.807, 2.05) is 0 Å². The Balaban J connectivity index is 2.02. The second-order valence-electron chi connectivity index (χ2n) is 5.14. The molecule has 1 aromatic carbocycles. The maximum atomic E-state index is 12.0. The molecule has 0 spiro atoms. The van der Waals surface area contributed by atoms with E-state index in [2.05, 4.69) is 9.98 Å². The Hall–Kier alpha value is -3.35. The maximum absolute atomic E-state index is 12.0. The number of aromatic amines is 1. The van der Waals surface area contributed by atoms with E-state index in [1.54, 1.807) is 49.7 Å². The highest BCUT2D eigenvalue weighted by Gasteiger charge is 2.13. The van der Waals surface area contributed by atoms with Gasteiger partial charge in [0.1, 0.15) is 11.3 Å². The van der Waals surface area contributed by atoms with Crippen LogP contribution in [-0.2, 0) is 6.54 Å². The van der Waals surface area contributed by atoms with Gasteiger partial charge in [-0.1, -0.05) is 12.1 Å². The summed E-state index contributed by atoms with van der Waals surface area (Å²) >= 11 is 0. The predicted octanol–water partition coefficient (Wildman–Crippen LogP) is 1.28. The summed E-state index contributed by atoms with van der Waals surface area (Å²) in [6.45, 7) is 0.112. The lowest BCUT2D eigenvalue weighted by Gasteiger charge is -2.10. The lowest BCUT2D eigenvalue weighted by atomic mass is 10.2. The van der Waals surface area contributed by atoms with Crippen molar-refractivity contribution in [2.45, 2.75) is 6.54 Å². The molecule has 0 fully saturated rings. The molecule has 24 heavy (non-hydrogen) atoms.